The van der Waals surface area contributed by atoms with Gasteiger partial charge in [0.2, 0.25) is 0 Å². The van der Waals surface area contributed by atoms with Crippen molar-refractivity contribution in [1.29, 1.82) is 0 Å². The summed E-state index contributed by atoms with van der Waals surface area (Å²) in [5.74, 6) is 1.29. The third kappa shape index (κ3) is 4.69. The smallest absolute Gasteiger partial charge is 0.251 e. The van der Waals surface area contributed by atoms with Crippen LogP contribution in [0.2, 0.25) is 0 Å². The van der Waals surface area contributed by atoms with Gasteiger partial charge in [0.05, 0.1) is 7.11 Å². The Balaban J connectivity index is 1.67. The maximum absolute atomic E-state index is 12.6. The summed E-state index contributed by atoms with van der Waals surface area (Å²) in [6, 6.07) is 16.5. The van der Waals surface area contributed by atoms with Gasteiger partial charge in [0.1, 0.15) is 5.75 Å². The number of rotatable bonds is 6. The van der Waals surface area contributed by atoms with Crippen molar-refractivity contribution in [3.63, 3.8) is 0 Å². The number of aryl methyl sites for hydroxylation is 1. The lowest BCUT2D eigenvalue weighted by Crippen LogP contribution is -2.41. The topological polar surface area (TPSA) is 41.6 Å². The molecule has 1 N–H and O–H groups in total. The van der Waals surface area contributed by atoms with Gasteiger partial charge >= 0.3 is 0 Å². The SMILES string of the molecule is CCc1ccc(C(=O)NCC2CCCN(C)C2c2ccc(OC)cc2)cc1. The van der Waals surface area contributed by atoms with E-state index in [2.05, 4.69) is 36.3 Å². The molecule has 0 aliphatic carbocycles. The number of methoxy groups -OCH3 is 1. The lowest BCUT2D eigenvalue weighted by atomic mass is 9.85. The molecule has 1 amide bonds. The molecule has 3 rings (SSSR count). The predicted molar refractivity (Wildman–Crippen MR) is 109 cm³/mol. The van der Waals surface area contributed by atoms with E-state index >= 15 is 0 Å². The number of likely N-dealkylation sites (tertiary alicyclic amines) is 1. The van der Waals surface area contributed by atoms with E-state index in [0.29, 0.717) is 18.5 Å². The molecule has 0 bridgehead atoms. The zero-order valence-electron chi connectivity index (χ0n) is 16.6. The summed E-state index contributed by atoms with van der Waals surface area (Å²) in [5, 5.41) is 3.16. The van der Waals surface area contributed by atoms with Crippen LogP contribution in [0, 0.1) is 5.92 Å². The molecule has 1 saturated heterocycles. The number of nitrogens with zero attached hydrogens (tertiary/aromatic N) is 1. The van der Waals surface area contributed by atoms with Crippen LogP contribution in [-0.2, 0) is 6.42 Å². The maximum Gasteiger partial charge on any atom is 0.251 e. The Morgan fingerprint density at radius 3 is 2.48 bits per heavy atom. The lowest BCUT2D eigenvalue weighted by Gasteiger charge is -2.39. The molecule has 2 aromatic rings. The first-order valence-electron chi connectivity index (χ1n) is 9.83. The van der Waals surface area contributed by atoms with Crippen molar-refractivity contribution >= 4 is 5.91 Å². The molecule has 2 aromatic carbocycles. The van der Waals surface area contributed by atoms with Crippen molar-refractivity contribution in [3.8, 4) is 5.75 Å². The van der Waals surface area contributed by atoms with Crippen LogP contribution in [0.25, 0.3) is 0 Å². The Morgan fingerprint density at radius 2 is 1.85 bits per heavy atom. The molecule has 0 saturated carbocycles. The Labute approximate surface area is 162 Å². The van der Waals surface area contributed by atoms with Gasteiger partial charge in [0.15, 0.2) is 0 Å². The van der Waals surface area contributed by atoms with Gasteiger partial charge in [0, 0.05) is 18.2 Å². The summed E-state index contributed by atoms with van der Waals surface area (Å²) in [6.45, 7) is 3.89. The third-order valence-corrected chi connectivity index (χ3v) is 5.61. The molecule has 1 aliphatic rings. The second-order valence-electron chi connectivity index (χ2n) is 7.36. The average molecular weight is 367 g/mol. The Hall–Kier alpha value is -2.33. The Morgan fingerprint density at radius 1 is 1.15 bits per heavy atom. The maximum atomic E-state index is 12.6. The van der Waals surface area contributed by atoms with E-state index in [4.69, 9.17) is 4.74 Å². The van der Waals surface area contributed by atoms with Gasteiger partial charge in [0.25, 0.3) is 5.91 Å². The van der Waals surface area contributed by atoms with Gasteiger partial charge in [-0.1, -0.05) is 31.2 Å². The predicted octanol–water partition coefficient (Wildman–Crippen LogP) is 4.07. The highest BCUT2D eigenvalue weighted by atomic mass is 16.5. The van der Waals surface area contributed by atoms with Gasteiger partial charge in [-0.05, 0) is 74.2 Å². The van der Waals surface area contributed by atoms with Gasteiger partial charge in [-0.2, -0.15) is 0 Å². The first kappa shape index (κ1) is 19.4. The molecule has 2 atom stereocenters. The fourth-order valence-electron chi connectivity index (χ4n) is 4.02. The molecule has 2 unspecified atom stereocenters. The summed E-state index contributed by atoms with van der Waals surface area (Å²) in [5.41, 5.74) is 3.27. The second-order valence-corrected chi connectivity index (χ2v) is 7.36. The zero-order chi connectivity index (χ0) is 19.2. The third-order valence-electron chi connectivity index (χ3n) is 5.61. The van der Waals surface area contributed by atoms with E-state index in [1.165, 1.54) is 11.1 Å². The van der Waals surface area contributed by atoms with E-state index in [0.717, 1.165) is 37.1 Å². The summed E-state index contributed by atoms with van der Waals surface area (Å²) in [4.78, 5) is 15.0. The monoisotopic (exact) mass is 366 g/mol. The fourth-order valence-corrected chi connectivity index (χ4v) is 4.02. The standard InChI is InChI=1S/C23H30N2O2/c1-4-17-7-9-19(10-8-17)23(26)24-16-20-6-5-15-25(2)22(20)18-11-13-21(27-3)14-12-18/h7-14,20,22H,4-6,15-16H2,1-3H3,(H,24,26). The average Bonchev–Trinajstić information content (AvgIpc) is 2.72. The molecule has 0 aromatic heterocycles. The molecule has 4 nitrogen and oxygen atoms in total. The first-order chi connectivity index (χ1) is 13.1. The van der Waals surface area contributed by atoms with Gasteiger partial charge in [-0.3, -0.25) is 9.69 Å². The van der Waals surface area contributed by atoms with Crippen molar-refractivity contribution in [3.05, 3.63) is 65.2 Å². The number of amides is 1. The van der Waals surface area contributed by atoms with Crippen LogP contribution in [0.1, 0.15) is 47.3 Å². The molecule has 4 heteroatoms. The largest absolute Gasteiger partial charge is 0.497 e. The lowest BCUT2D eigenvalue weighted by molar-refractivity contribution is 0.0891. The van der Waals surface area contributed by atoms with Crippen LogP contribution in [0.5, 0.6) is 5.75 Å². The number of nitrogens with one attached hydrogen (secondary N) is 1. The van der Waals surface area contributed by atoms with Gasteiger partial charge in [-0.15, -0.1) is 0 Å². The number of carbonyl (C=O) groups is 1. The molecule has 1 aliphatic heterocycles. The van der Waals surface area contributed by atoms with Crippen molar-refractivity contribution in [2.24, 2.45) is 5.92 Å². The number of benzene rings is 2. The second kappa shape index (κ2) is 9.05. The van der Waals surface area contributed by atoms with E-state index in [-0.39, 0.29) is 5.91 Å². The van der Waals surface area contributed by atoms with Crippen LogP contribution >= 0.6 is 0 Å². The van der Waals surface area contributed by atoms with Crippen LogP contribution in [0.3, 0.4) is 0 Å². The fraction of sp³-hybridized carbons (Fsp3) is 0.435. The first-order valence-corrected chi connectivity index (χ1v) is 9.83. The number of ether oxygens (including phenoxy) is 1. The van der Waals surface area contributed by atoms with E-state index in [1.807, 2.05) is 36.4 Å². The highest BCUT2D eigenvalue weighted by Gasteiger charge is 2.30. The van der Waals surface area contributed by atoms with E-state index < -0.39 is 0 Å². The summed E-state index contributed by atoms with van der Waals surface area (Å²) in [7, 11) is 3.86. The van der Waals surface area contributed by atoms with Crippen LogP contribution in [0.4, 0.5) is 0 Å². The molecular formula is C23H30N2O2. The molecular weight excluding hydrogens is 336 g/mol. The van der Waals surface area contributed by atoms with Crippen LogP contribution < -0.4 is 10.1 Å². The summed E-state index contributed by atoms with van der Waals surface area (Å²) in [6.07, 6.45) is 3.27. The molecule has 27 heavy (non-hydrogen) atoms. The zero-order valence-corrected chi connectivity index (χ0v) is 16.6. The van der Waals surface area contributed by atoms with Crippen molar-refractivity contribution in [1.82, 2.24) is 10.2 Å². The highest BCUT2D eigenvalue weighted by molar-refractivity contribution is 5.94. The van der Waals surface area contributed by atoms with Crippen molar-refractivity contribution < 1.29 is 9.53 Å². The Bertz CT molecular complexity index is 740. The van der Waals surface area contributed by atoms with Gasteiger partial charge in [-0.25, -0.2) is 0 Å². The number of piperidine rings is 1. The summed E-state index contributed by atoms with van der Waals surface area (Å²) >= 11 is 0. The molecule has 0 radical (unpaired) electrons. The van der Waals surface area contributed by atoms with Crippen LogP contribution in [0.15, 0.2) is 48.5 Å². The Kier molecular flexibility index (Phi) is 6.51. The summed E-state index contributed by atoms with van der Waals surface area (Å²) < 4.78 is 5.28. The van der Waals surface area contributed by atoms with Crippen molar-refractivity contribution in [2.45, 2.75) is 32.2 Å². The van der Waals surface area contributed by atoms with Crippen LogP contribution in [-0.4, -0.2) is 38.1 Å². The van der Waals surface area contributed by atoms with E-state index in [9.17, 15) is 4.79 Å². The molecule has 1 heterocycles. The normalized spacial score (nSPS) is 20.3. The number of hydrogen-bond acceptors (Lipinski definition) is 3. The van der Waals surface area contributed by atoms with E-state index in [1.54, 1.807) is 7.11 Å². The van der Waals surface area contributed by atoms with Crippen molar-refractivity contribution in [2.75, 3.05) is 27.2 Å². The minimum atomic E-state index is 0.0133. The molecule has 0 spiro atoms. The molecule has 1 fully saturated rings. The number of hydrogen-bond donors (Lipinski definition) is 1. The number of carbonyl (C=O) groups excluding carboxylic acids is 1. The molecule has 144 valence electrons. The van der Waals surface area contributed by atoms with Gasteiger partial charge < -0.3 is 10.1 Å². The highest BCUT2D eigenvalue weighted by Crippen LogP contribution is 2.35. The minimum absolute atomic E-state index is 0.0133. The quantitative estimate of drug-likeness (QED) is 0.838. The minimum Gasteiger partial charge on any atom is -0.497 e.